The quantitative estimate of drug-likeness (QED) is 0.123. The summed E-state index contributed by atoms with van der Waals surface area (Å²) in [6, 6.07) is 45.8. The minimum Gasteiger partial charge on any atom is -0.500 e. The predicted molar refractivity (Wildman–Crippen MR) is 253 cm³/mol. The third-order valence-electron chi connectivity index (χ3n) is 11.5. The fourth-order valence-electron chi connectivity index (χ4n) is 7.70. The Morgan fingerprint density at radius 3 is 1.80 bits per heavy atom. The molecule has 0 atom stereocenters. The standard InChI is InChI=1S/C54H57N4Si.Pt/c1-51(2,3)38-19-17-36(18-20-38)37-23-24-55-50(27-37)58-48-16-14-13-15-46(48)47-22-21-44(34-49(47)58)59-45-32-41(54(10,11)12)31-43(33-45)57-26-25-56(35-57)42-29-39(52(4,5)6)28-40(30-42)53(7,8)9;/h13-32,35H,1-12H3;/q-3;. The molecule has 6 heteroatoms. The van der Waals surface area contributed by atoms with Crippen molar-refractivity contribution >= 4 is 53.1 Å². The molecule has 0 unspecified atom stereocenters. The largest absolute Gasteiger partial charge is 0.500 e. The van der Waals surface area contributed by atoms with Crippen molar-refractivity contribution in [1.82, 2.24) is 9.55 Å². The second-order valence-corrected chi connectivity index (χ2v) is 21.6. The van der Waals surface area contributed by atoms with Crippen LogP contribution in [0, 0.1) is 18.8 Å². The Morgan fingerprint density at radius 2 is 1.15 bits per heavy atom. The van der Waals surface area contributed by atoms with E-state index in [0.29, 0.717) is 9.52 Å². The number of benzene rings is 5. The monoisotopic (exact) mass is 984 g/mol. The fourth-order valence-corrected chi connectivity index (χ4v) is 8.76. The summed E-state index contributed by atoms with van der Waals surface area (Å²) in [4.78, 5) is 9.41. The van der Waals surface area contributed by atoms with Crippen LogP contribution in [0.25, 0.3) is 38.8 Å². The Hall–Kier alpha value is -4.70. The fraction of sp³-hybridized carbons (Fsp3) is 0.296. The Balaban J connectivity index is 0.00000544. The summed E-state index contributed by atoms with van der Waals surface area (Å²) in [6.07, 6.45) is 6.25. The average molecular weight is 985 g/mol. The molecule has 0 saturated heterocycles. The summed E-state index contributed by atoms with van der Waals surface area (Å²) in [6.45, 7) is 29.6. The zero-order valence-electron chi connectivity index (χ0n) is 37.2. The molecule has 1 aliphatic heterocycles. The van der Waals surface area contributed by atoms with Crippen LogP contribution in [-0.2, 0) is 42.7 Å². The van der Waals surface area contributed by atoms with Gasteiger partial charge in [-0.15, -0.1) is 23.8 Å². The Morgan fingerprint density at radius 1 is 0.533 bits per heavy atom. The third-order valence-corrected chi connectivity index (χ3v) is 12.6. The first-order valence-electron chi connectivity index (χ1n) is 20.9. The van der Waals surface area contributed by atoms with E-state index in [1.54, 1.807) is 0 Å². The number of rotatable bonds is 6. The molecule has 4 nitrogen and oxygen atoms in total. The summed E-state index contributed by atoms with van der Waals surface area (Å²) in [5.41, 5.74) is 12.1. The maximum atomic E-state index is 4.95. The van der Waals surface area contributed by atoms with Gasteiger partial charge < -0.3 is 14.4 Å². The SMILES string of the molecule is CC(C)(C)c1ccc(-c2ccnc(-n3c4[c-]c([Si]c5[c-]c(N6C=CN(c7cc(C(C)(C)C)cc(C(C)(C)C)c7)[CH-]6)cc(C(C)(C)C)c5)ccc4c4ccccc43)c2)cc1.[Pt]. The molecule has 0 saturated carbocycles. The second-order valence-electron chi connectivity index (χ2n) is 20.3. The van der Waals surface area contributed by atoms with Crippen LogP contribution in [0.2, 0.25) is 0 Å². The van der Waals surface area contributed by atoms with Crippen molar-refractivity contribution in [2.45, 2.75) is 105 Å². The van der Waals surface area contributed by atoms with Gasteiger partial charge in [0, 0.05) is 38.5 Å². The molecule has 0 fully saturated rings. The van der Waals surface area contributed by atoms with Gasteiger partial charge in [-0.1, -0.05) is 137 Å². The van der Waals surface area contributed by atoms with E-state index in [1.807, 2.05) is 6.20 Å². The van der Waals surface area contributed by atoms with Crippen molar-refractivity contribution in [3.05, 3.63) is 163 Å². The Kier molecular flexibility index (Phi) is 11.5. The molecule has 0 amide bonds. The number of nitrogens with zero attached hydrogens (tertiary/aromatic N) is 4. The number of anilines is 2. The van der Waals surface area contributed by atoms with Crippen molar-refractivity contribution in [1.29, 1.82) is 0 Å². The van der Waals surface area contributed by atoms with Crippen LogP contribution in [0.1, 0.15) is 105 Å². The van der Waals surface area contributed by atoms with Crippen LogP contribution >= 0.6 is 0 Å². The number of para-hydroxylation sites is 1. The minimum absolute atomic E-state index is 0. The molecule has 310 valence electrons. The molecule has 0 bridgehead atoms. The van der Waals surface area contributed by atoms with E-state index in [0.717, 1.165) is 38.5 Å². The van der Waals surface area contributed by atoms with Crippen molar-refractivity contribution in [2.24, 2.45) is 0 Å². The van der Waals surface area contributed by atoms with Crippen LogP contribution in [0.4, 0.5) is 11.4 Å². The van der Waals surface area contributed by atoms with Gasteiger partial charge in [-0.2, -0.15) is 46.3 Å². The van der Waals surface area contributed by atoms with Crippen molar-refractivity contribution in [3.8, 4) is 16.9 Å². The van der Waals surface area contributed by atoms with E-state index in [2.05, 4.69) is 232 Å². The van der Waals surface area contributed by atoms with Gasteiger partial charge in [0.15, 0.2) is 0 Å². The summed E-state index contributed by atoms with van der Waals surface area (Å²) in [7, 11) is 0.365. The molecule has 0 N–H and O–H groups in total. The van der Waals surface area contributed by atoms with Crippen molar-refractivity contribution in [3.63, 3.8) is 0 Å². The number of hydrogen-bond acceptors (Lipinski definition) is 3. The zero-order chi connectivity index (χ0) is 42.1. The van der Waals surface area contributed by atoms with Gasteiger partial charge in [0.05, 0.1) is 9.52 Å². The minimum atomic E-state index is -0.0430. The molecule has 3 heterocycles. The first-order chi connectivity index (χ1) is 27.7. The number of pyridine rings is 1. The number of aromatic nitrogens is 2. The Labute approximate surface area is 375 Å². The van der Waals surface area contributed by atoms with Crippen LogP contribution in [0.5, 0.6) is 0 Å². The summed E-state index contributed by atoms with van der Waals surface area (Å²) < 4.78 is 2.28. The maximum Gasteiger partial charge on any atom is 0.136 e. The molecule has 60 heavy (non-hydrogen) atoms. The smallest absolute Gasteiger partial charge is 0.136 e. The first-order valence-corrected chi connectivity index (χ1v) is 21.9. The zero-order valence-corrected chi connectivity index (χ0v) is 40.5. The van der Waals surface area contributed by atoms with Gasteiger partial charge in [-0.25, -0.2) is 4.98 Å². The van der Waals surface area contributed by atoms with Gasteiger partial charge in [0.25, 0.3) is 0 Å². The second kappa shape index (κ2) is 16.0. The van der Waals surface area contributed by atoms with E-state index in [4.69, 9.17) is 4.98 Å². The molecular formula is C54H57N4PtSi-3. The normalized spacial score (nSPS) is 13.7. The number of hydrogen-bond donors (Lipinski definition) is 0. The predicted octanol–water partition coefficient (Wildman–Crippen LogP) is 12.2. The molecular weight excluding hydrogens is 928 g/mol. The molecule has 2 radical (unpaired) electrons. The summed E-state index contributed by atoms with van der Waals surface area (Å²) in [5.74, 6) is 0.887. The van der Waals surface area contributed by atoms with E-state index in [1.165, 1.54) is 44.3 Å². The van der Waals surface area contributed by atoms with Crippen LogP contribution in [0.3, 0.4) is 0 Å². The van der Waals surface area contributed by atoms with E-state index >= 15 is 0 Å². The average Bonchev–Trinajstić information content (AvgIpc) is 3.80. The molecule has 8 rings (SSSR count). The molecule has 2 aromatic heterocycles. The maximum absolute atomic E-state index is 4.95. The van der Waals surface area contributed by atoms with Gasteiger partial charge in [0.1, 0.15) is 5.82 Å². The molecule has 1 aliphatic rings. The van der Waals surface area contributed by atoms with Crippen LogP contribution in [-0.4, -0.2) is 19.1 Å². The molecule has 5 aromatic carbocycles. The molecule has 0 aliphatic carbocycles. The summed E-state index contributed by atoms with van der Waals surface area (Å²) >= 11 is 0. The molecule has 0 spiro atoms. The van der Waals surface area contributed by atoms with E-state index < -0.39 is 0 Å². The van der Waals surface area contributed by atoms with Gasteiger partial charge in [-0.3, -0.25) is 0 Å². The molecule has 7 aromatic rings. The van der Waals surface area contributed by atoms with Crippen molar-refractivity contribution in [2.75, 3.05) is 9.80 Å². The van der Waals surface area contributed by atoms with E-state index in [-0.39, 0.29) is 42.7 Å². The van der Waals surface area contributed by atoms with Crippen molar-refractivity contribution < 1.29 is 21.1 Å². The third kappa shape index (κ3) is 8.86. The summed E-state index contributed by atoms with van der Waals surface area (Å²) in [5, 5.41) is 4.67. The van der Waals surface area contributed by atoms with Crippen LogP contribution < -0.4 is 20.2 Å². The first kappa shape index (κ1) is 43.4. The number of fused-ring (bicyclic) bond motifs is 3. The van der Waals surface area contributed by atoms with Gasteiger partial charge in [-0.05, 0) is 97.6 Å². The van der Waals surface area contributed by atoms with Gasteiger partial charge >= 0.3 is 0 Å². The van der Waals surface area contributed by atoms with Crippen LogP contribution in [0.15, 0.2) is 122 Å². The van der Waals surface area contributed by atoms with E-state index in [9.17, 15) is 0 Å². The Bertz CT molecular complexity index is 2680. The topological polar surface area (TPSA) is 24.3 Å². The van der Waals surface area contributed by atoms with Gasteiger partial charge in [0.2, 0.25) is 0 Å².